The van der Waals surface area contributed by atoms with E-state index in [1.54, 1.807) is 0 Å². The third-order valence-electron chi connectivity index (χ3n) is 3.01. The van der Waals surface area contributed by atoms with Crippen LogP contribution >= 0.6 is 0 Å². The Morgan fingerprint density at radius 2 is 1.83 bits per heavy atom. The van der Waals surface area contributed by atoms with E-state index < -0.39 is 0 Å². The summed E-state index contributed by atoms with van der Waals surface area (Å²) >= 11 is 0. The summed E-state index contributed by atoms with van der Waals surface area (Å²) in [7, 11) is 0. The number of nitrogens with two attached hydrogens (primary N) is 1. The van der Waals surface area contributed by atoms with E-state index in [9.17, 15) is 0 Å². The zero-order valence-corrected chi connectivity index (χ0v) is 7.67. The van der Waals surface area contributed by atoms with Crippen LogP contribution in [0.15, 0.2) is 24.3 Å². The normalized spacial score (nSPS) is 33.4. The Bertz CT molecular complexity index is 288. The summed E-state index contributed by atoms with van der Waals surface area (Å²) < 4.78 is 0. The van der Waals surface area contributed by atoms with Crippen LogP contribution in [0, 0.1) is 6.92 Å². The van der Waals surface area contributed by atoms with Crippen molar-refractivity contribution in [3.8, 4) is 0 Å². The standard InChI is InChI=1S/C11H15N/c1-8-3-5-9(6-4-8)11(2)7-10(11)12/h3-6,10H,7,12H2,1-2H3/t10-,11+/m0/s1. The quantitative estimate of drug-likeness (QED) is 0.669. The minimum atomic E-state index is 0.272. The smallest absolute Gasteiger partial charge is 0.0143 e. The first kappa shape index (κ1) is 7.81. The molecule has 2 rings (SSSR count). The van der Waals surface area contributed by atoms with Gasteiger partial charge in [0.1, 0.15) is 0 Å². The molecule has 1 fully saturated rings. The Hall–Kier alpha value is -0.820. The largest absolute Gasteiger partial charge is 0.327 e. The maximum Gasteiger partial charge on any atom is 0.0143 e. The molecule has 2 N–H and O–H groups in total. The fraction of sp³-hybridized carbons (Fsp3) is 0.455. The molecule has 1 saturated carbocycles. The summed E-state index contributed by atoms with van der Waals surface area (Å²) in [5, 5.41) is 0. The SMILES string of the molecule is Cc1ccc([C@@]2(C)C[C@@H]2N)cc1. The molecule has 0 bridgehead atoms. The highest BCUT2D eigenvalue weighted by atomic mass is 14.8. The van der Waals surface area contributed by atoms with Gasteiger partial charge in [-0.1, -0.05) is 36.8 Å². The third-order valence-corrected chi connectivity index (χ3v) is 3.01. The van der Waals surface area contributed by atoms with Crippen molar-refractivity contribution in [2.75, 3.05) is 0 Å². The monoisotopic (exact) mass is 161 g/mol. The molecule has 64 valence electrons. The average molecular weight is 161 g/mol. The van der Waals surface area contributed by atoms with E-state index in [4.69, 9.17) is 5.73 Å². The van der Waals surface area contributed by atoms with Crippen LogP contribution in [0.25, 0.3) is 0 Å². The molecule has 0 aromatic heterocycles. The van der Waals surface area contributed by atoms with Gasteiger partial charge in [0.2, 0.25) is 0 Å². The molecule has 1 aliphatic carbocycles. The lowest BCUT2D eigenvalue weighted by Crippen LogP contribution is -2.14. The predicted octanol–water partition coefficient (Wildman–Crippen LogP) is 1.98. The lowest BCUT2D eigenvalue weighted by molar-refractivity contribution is 0.741. The molecule has 1 aromatic carbocycles. The number of hydrogen-bond donors (Lipinski definition) is 1. The number of hydrogen-bond acceptors (Lipinski definition) is 1. The summed E-state index contributed by atoms with van der Waals surface area (Å²) in [5.74, 6) is 0. The van der Waals surface area contributed by atoms with Crippen molar-refractivity contribution in [1.29, 1.82) is 0 Å². The number of benzene rings is 1. The number of aryl methyl sites for hydroxylation is 1. The van der Waals surface area contributed by atoms with Crippen LogP contribution in [-0.4, -0.2) is 6.04 Å². The van der Waals surface area contributed by atoms with Gasteiger partial charge < -0.3 is 5.73 Å². The van der Waals surface area contributed by atoms with Crippen LogP contribution in [-0.2, 0) is 5.41 Å². The van der Waals surface area contributed by atoms with Crippen LogP contribution in [0.1, 0.15) is 24.5 Å². The fourth-order valence-corrected chi connectivity index (χ4v) is 1.66. The molecule has 0 heterocycles. The first-order valence-electron chi connectivity index (χ1n) is 4.46. The molecule has 0 unspecified atom stereocenters. The van der Waals surface area contributed by atoms with Gasteiger partial charge in [0, 0.05) is 11.5 Å². The number of rotatable bonds is 1. The van der Waals surface area contributed by atoms with E-state index in [0.29, 0.717) is 6.04 Å². The Balaban J connectivity index is 2.31. The lowest BCUT2D eigenvalue weighted by atomic mass is 9.97. The molecule has 1 heteroatoms. The van der Waals surface area contributed by atoms with Crippen LogP contribution < -0.4 is 5.73 Å². The maximum atomic E-state index is 5.87. The van der Waals surface area contributed by atoms with Gasteiger partial charge in [-0.3, -0.25) is 0 Å². The van der Waals surface area contributed by atoms with Crippen molar-refractivity contribution in [2.24, 2.45) is 5.73 Å². The van der Waals surface area contributed by atoms with Crippen molar-refractivity contribution in [3.63, 3.8) is 0 Å². The van der Waals surface area contributed by atoms with Crippen molar-refractivity contribution in [3.05, 3.63) is 35.4 Å². The highest BCUT2D eigenvalue weighted by Gasteiger charge is 2.48. The molecule has 0 aliphatic heterocycles. The zero-order chi connectivity index (χ0) is 8.77. The average Bonchev–Trinajstić information content (AvgIpc) is 2.62. The van der Waals surface area contributed by atoms with Crippen LogP contribution in [0.3, 0.4) is 0 Å². The van der Waals surface area contributed by atoms with E-state index in [1.165, 1.54) is 11.1 Å². The van der Waals surface area contributed by atoms with Gasteiger partial charge in [-0.15, -0.1) is 0 Å². The van der Waals surface area contributed by atoms with Gasteiger partial charge >= 0.3 is 0 Å². The maximum absolute atomic E-state index is 5.87. The molecular formula is C11H15N. The van der Waals surface area contributed by atoms with Crippen molar-refractivity contribution in [2.45, 2.75) is 31.7 Å². The van der Waals surface area contributed by atoms with Gasteiger partial charge in [-0.25, -0.2) is 0 Å². The highest BCUT2D eigenvalue weighted by Crippen LogP contribution is 2.46. The molecule has 0 amide bonds. The molecule has 2 atom stereocenters. The second kappa shape index (κ2) is 2.33. The molecule has 0 spiro atoms. The fourth-order valence-electron chi connectivity index (χ4n) is 1.66. The van der Waals surface area contributed by atoms with Gasteiger partial charge in [0.25, 0.3) is 0 Å². The minimum absolute atomic E-state index is 0.272. The Morgan fingerprint density at radius 1 is 1.33 bits per heavy atom. The van der Waals surface area contributed by atoms with Crippen molar-refractivity contribution < 1.29 is 0 Å². The zero-order valence-electron chi connectivity index (χ0n) is 7.67. The molecule has 1 aliphatic rings. The van der Waals surface area contributed by atoms with E-state index in [1.807, 2.05) is 0 Å². The second-order valence-electron chi connectivity index (χ2n) is 4.09. The van der Waals surface area contributed by atoms with Crippen LogP contribution in [0.4, 0.5) is 0 Å². The summed E-state index contributed by atoms with van der Waals surface area (Å²) in [6, 6.07) is 9.09. The first-order chi connectivity index (χ1) is 5.63. The third kappa shape index (κ3) is 1.05. The summed E-state index contributed by atoms with van der Waals surface area (Å²) in [4.78, 5) is 0. The highest BCUT2D eigenvalue weighted by molar-refractivity contribution is 5.36. The lowest BCUT2D eigenvalue weighted by Gasteiger charge is -2.09. The topological polar surface area (TPSA) is 26.0 Å². The molecule has 1 aromatic rings. The predicted molar refractivity (Wildman–Crippen MR) is 51.1 cm³/mol. The first-order valence-corrected chi connectivity index (χ1v) is 4.46. The Labute approximate surface area is 73.6 Å². The minimum Gasteiger partial charge on any atom is -0.327 e. The van der Waals surface area contributed by atoms with Gasteiger partial charge in [0.15, 0.2) is 0 Å². The van der Waals surface area contributed by atoms with Gasteiger partial charge in [0.05, 0.1) is 0 Å². The molecule has 12 heavy (non-hydrogen) atoms. The Morgan fingerprint density at radius 3 is 2.25 bits per heavy atom. The summed E-state index contributed by atoms with van der Waals surface area (Å²) in [6.45, 7) is 4.35. The van der Waals surface area contributed by atoms with E-state index in [0.717, 1.165) is 6.42 Å². The van der Waals surface area contributed by atoms with E-state index in [2.05, 4.69) is 38.1 Å². The molecule has 0 saturated heterocycles. The van der Waals surface area contributed by atoms with E-state index in [-0.39, 0.29) is 5.41 Å². The van der Waals surface area contributed by atoms with Crippen LogP contribution in [0.2, 0.25) is 0 Å². The van der Waals surface area contributed by atoms with Gasteiger partial charge in [-0.2, -0.15) is 0 Å². The Kier molecular flexibility index (Phi) is 1.52. The van der Waals surface area contributed by atoms with Crippen molar-refractivity contribution >= 4 is 0 Å². The summed E-state index contributed by atoms with van der Waals surface area (Å²) in [6.07, 6.45) is 1.13. The van der Waals surface area contributed by atoms with Gasteiger partial charge in [-0.05, 0) is 18.9 Å². The second-order valence-corrected chi connectivity index (χ2v) is 4.09. The summed E-state index contributed by atoms with van der Waals surface area (Å²) in [5.41, 5.74) is 8.85. The van der Waals surface area contributed by atoms with Crippen molar-refractivity contribution in [1.82, 2.24) is 0 Å². The molecule has 0 radical (unpaired) electrons. The molecule has 1 nitrogen and oxygen atoms in total. The van der Waals surface area contributed by atoms with Crippen LogP contribution in [0.5, 0.6) is 0 Å². The van der Waals surface area contributed by atoms with E-state index >= 15 is 0 Å². The molecular weight excluding hydrogens is 146 g/mol.